The lowest BCUT2D eigenvalue weighted by Gasteiger charge is -2.41. The number of rotatable bonds is 6. The molecule has 1 spiro atoms. The first kappa shape index (κ1) is 25.9. The molecule has 12 heteroatoms. The van der Waals surface area contributed by atoms with Gasteiger partial charge in [-0.2, -0.15) is 5.10 Å². The molecule has 3 aromatic rings. The van der Waals surface area contributed by atoms with E-state index in [0.717, 1.165) is 68.5 Å². The largest absolute Gasteiger partial charge is 0.383 e. The van der Waals surface area contributed by atoms with Crippen LogP contribution in [0.4, 0.5) is 17.3 Å². The number of carbonyl (C=O) groups is 1. The molecule has 0 unspecified atom stereocenters. The van der Waals surface area contributed by atoms with Gasteiger partial charge < -0.3 is 30.3 Å². The monoisotopic (exact) mass is 535 g/mol. The predicted molar refractivity (Wildman–Crippen MR) is 147 cm³/mol. The lowest BCUT2D eigenvalue weighted by atomic mass is 9.73. The number of aromatic amines is 1. The Morgan fingerprint density at radius 2 is 2.08 bits per heavy atom. The van der Waals surface area contributed by atoms with Crippen molar-refractivity contribution in [2.45, 2.75) is 51.2 Å². The highest BCUT2D eigenvalue weighted by Crippen LogP contribution is 2.42. The maximum Gasteiger partial charge on any atom is 0.269 e. The highest BCUT2D eigenvalue weighted by molar-refractivity contribution is 5.93. The van der Waals surface area contributed by atoms with Crippen LogP contribution in [0.5, 0.6) is 0 Å². The van der Waals surface area contributed by atoms with E-state index in [9.17, 15) is 4.79 Å². The van der Waals surface area contributed by atoms with Crippen molar-refractivity contribution < 1.29 is 14.3 Å². The molecule has 4 N–H and O–H groups in total. The standard InChI is InChI=1S/C27H37N9O3/c1-16-6-10-36(19-5-4-18(31-21(16)19)26(37)29-9-13-38-3)25-22-24(33-34-25)32-20(14-30-22)35-11-7-27(8-12-35)15-39-17(2)23(27)28/h4-5,14,16-17,23H,6-13,15,28H2,1-3H3,(H,29,37)(H,32,33,34)/t16-,17-,23+/m0/s1. The summed E-state index contributed by atoms with van der Waals surface area (Å²) in [6, 6.07) is 3.79. The number of piperidine rings is 1. The number of carbonyl (C=O) groups excluding carboxylic acids is 1. The number of H-pyrrole nitrogens is 1. The zero-order valence-corrected chi connectivity index (χ0v) is 22.8. The van der Waals surface area contributed by atoms with Crippen molar-refractivity contribution in [3.8, 4) is 0 Å². The summed E-state index contributed by atoms with van der Waals surface area (Å²) in [4.78, 5) is 31.4. The molecular weight excluding hydrogens is 498 g/mol. The van der Waals surface area contributed by atoms with E-state index < -0.39 is 0 Å². The summed E-state index contributed by atoms with van der Waals surface area (Å²) in [6.45, 7) is 8.35. The van der Waals surface area contributed by atoms with Gasteiger partial charge in [0.1, 0.15) is 11.5 Å². The Bertz CT molecular complexity index is 1350. The number of aromatic nitrogens is 5. The summed E-state index contributed by atoms with van der Waals surface area (Å²) in [6.07, 6.45) is 4.79. The summed E-state index contributed by atoms with van der Waals surface area (Å²) in [5, 5.41) is 10.6. The van der Waals surface area contributed by atoms with Gasteiger partial charge in [0, 0.05) is 50.7 Å². The van der Waals surface area contributed by atoms with Crippen molar-refractivity contribution in [1.29, 1.82) is 0 Å². The van der Waals surface area contributed by atoms with E-state index in [-0.39, 0.29) is 29.4 Å². The number of amides is 1. The minimum absolute atomic E-state index is 0.0614. The zero-order valence-electron chi connectivity index (χ0n) is 22.8. The molecule has 0 saturated carbocycles. The van der Waals surface area contributed by atoms with Crippen LogP contribution in [-0.2, 0) is 9.47 Å². The molecule has 12 nitrogen and oxygen atoms in total. The van der Waals surface area contributed by atoms with Crippen LogP contribution in [0.2, 0.25) is 0 Å². The lowest BCUT2D eigenvalue weighted by Crippen LogP contribution is -2.50. The molecule has 208 valence electrons. The molecule has 3 aromatic heterocycles. The predicted octanol–water partition coefficient (Wildman–Crippen LogP) is 2.10. The number of nitrogens with one attached hydrogen (secondary N) is 2. The average Bonchev–Trinajstić information content (AvgIpc) is 3.50. The fourth-order valence-electron chi connectivity index (χ4n) is 6.12. The Morgan fingerprint density at radius 3 is 2.82 bits per heavy atom. The SMILES string of the molecule is COCCNC(=O)c1ccc2c(n1)[C@@H](C)CCN2c1n[nH]c2nc(N3CCC4(CC3)CO[C@@H](C)[C@H]4N)cnc12. The Balaban J connectivity index is 1.21. The molecule has 0 aromatic carbocycles. The zero-order chi connectivity index (χ0) is 27.1. The lowest BCUT2D eigenvalue weighted by molar-refractivity contribution is 0.0931. The average molecular weight is 536 g/mol. The molecule has 3 aliphatic heterocycles. The summed E-state index contributed by atoms with van der Waals surface area (Å²) in [5.41, 5.74) is 10.1. The fourth-order valence-corrected chi connectivity index (χ4v) is 6.12. The van der Waals surface area contributed by atoms with Crippen LogP contribution >= 0.6 is 0 Å². The van der Waals surface area contributed by atoms with E-state index in [1.165, 1.54) is 0 Å². The van der Waals surface area contributed by atoms with Gasteiger partial charge in [0.25, 0.3) is 5.91 Å². The Morgan fingerprint density at radius 1 is 1.26 bits per heavy atom. The van der Waals surface area contributed by atoms with E-state index in [4.69, 9.17) is 30.2 Å². The summed E-state index contributed by atoms with van der Waals surface area (Å²) in [7, 11) is 1.61. The molecule has 39 heavy (non-hydrogen) atoms. The van der Waals surface area contributed by atoms with Crippen molar-refractivity contribution in [3.63, 3.8) is 0 Å². The van der Waals surface area contributed by atoms with Crippen molar-refractivity contribution in [2.75, 3.05) is 56.3 Å². The van der Waals surface area contributed by atoms with Gasteiger partial charge in [-0.25, -0.2) is 15.0 Å². The highest BCUT2D eigenvalue weighted by atomic mass is 16.5. The number of hydrogen-bond acceptors (Lipinski definition) is 10. The maximum absolute atomic E-state index is 12.6. The second-order valence-electron chi connectivity index (χ2n) is 11.1. The molecule has 2 saturated heterocycles. The summed E-state index contributed by atoms with van der Waals surface area (Å²) < 4.78 is 10.9. The van der Waals surface area contributed by atoms with E-state index >= 15 is 0 Å². The molecule has 1 amide bonds. The first-order valence-electron chi connectivity index (χ1n) is 13.8. The van der Waals surface area contributed by atoms with Crippen LogP contribution in [0.3, 0.4) is 0 Å². The van der Waals surface area contributed by atoms with Gasteiger partial charge in [-0.15, -0.1) is 0 Å². The van der Waals surface area contributed by atoms with Gasteiger partial charge in [-0.1, -0.05) is 6.92 Å². The smallest absolute Gasteiger partial charge is 0.269 e. The molecule has 0 radical (unpaired) electrons. The Hall–Kier alpha value is -3.35. The van der Waals surface area contributed by atoms with Crippen molar-refractivity contribution in [2.24, 2.45) is 11.1 Å². The van der Waals surface area contributed by atoms with Gasteiger partial charge in [-0.3, -0.25) is 9.89 Å². The first-order chi connectivity index (χ1) is 18.9. The van der Waals surface area contributed by atoms with Gasteiger partial charge >= 0.3 is 0 Å². The first-order valence-corrected chi connectivity index (χ1v) is 13.8. The van der Waals surface area contributed by atoms with Crippen LogP contribution in [0.1, 0.15) is 55.2 Å². The Kier molecular flexibility index (Phi) is 6.86. The van der Waals surface area contributed by atoms with Crippen LogP contribution in [-0.4, -0.2) is 89.7 Å². The number of anilines is 3. The molecule has 6 rings (SSSR count). The molecule has 0 aliphatic carbocycles. The van der Waals surface area contributed by atoms with Crippen molar-refractivity contribution >= 4 is 34.4 Å². The second-order valence-corrected chi connectivity index (χ2v) is 11.1. The van der Waals surface area contributed by atoms with Crippen molar-refractivity contribution in [3.05, 3.63) is 29.7 Å². The maximum atomic E-state index is 12.6. The van der Waals surface area contributed by atoms with E-state index in [1.54, 1.807) is 13.2 Å². The second kappa shape index (κ2) is 10.3. The van der Waals surface area contributed by atoms with E-state index in [0.29, 0.717) is 30.0 Å². The third-order valence-electron chi connectivity index (χ3n) is 8.69. The van der Waals surface area contributed by atoms with Crippen LogP contribution in [0, 0.1) is 5.41 Å². The fraction of sp³-hybridized carbons (Fsp3) is 0.593. The molecule has 0 bridgehead atoms. The van der Waals surface area contributed by atoms with Gasteiger partial charge in [0.15, 0.2) is 17.0 Å². The van der Waals surface area contributed by atoms with Crippen LogP contribution in [0.15, 0.2) is 18.3 Å². The molecule has 3 aliphatic rings. The molecule has 3 atom stereocenters. The quantitative estimate of drug-likeness (QED) is 0.401. The molecular formula is C27H37N9O3. The number of fused-ring (bicyclic) bond motifs is 2. The topological polar surface area (TPSA) is 147 Å². The summed E-state index contributed by atoms with van der Waals surface area (Å²) in [5.74, 6) is 1.57. The van der Waals surface area contributed by atoms with Crippen LogP contribution < -0.4 is 20.9 Å². The minimum Gasteiger partial charge on any atom is -0.383 e. The number of methoxy groups -OCH3 is 1. The Labute approximate surface area is 227 Å². The molecule has 6 heterocycles. The summed E-state index contributed by atoms with van der Waals surface area (Å²) >= 11 is 0. The highest BCUT2D eigenvalue weighted by Gasteiger charge is 2.47. The van der Waals surface area contributed by atoms with Crippen LogP contribution in [0.25, 0.3) is 11.2 Å². The van der Waals surface area contributed by atoms with Crippen molar-refractivity contribution in [1.82, 2.24) is 30.5 Å². The van der Waals surface area contributed by atoms with E-state index in [1.807, 2.05) is 12.3 Å². The normalized spacial score (nSPS) is 24.4. The minimum atomic E-state index is -0.205. The number of ether oxygens (including phenoxy) is 2. The van der Waals surface area contributed by atoms with Gasteiger partial charge in [-0.05, 0) is 38.3 Å². The third-order valence-corrected chi connectivity index (χ3v) is 8.69. The number of hydrogen-bond donors (Lipinski definition) is 3. The number of nitrogens with two attached hydrogens (primary N) is 1. The third kappa shape index (κ3) is 4.60. The number of nitrogens with zero attached hydrogens (tertiary/aromatic N) is 6. The van der Waals surface area contributed by atoms with E-state index in [2.05, 4.69) is 39.2 Å². The number of pyridine rings is 1. The molecule has 2 fully saturated rings. The van der Waals surface area contributed by atoms with Gasteiger partial charge in [0.05, 0.1) is 36.9 Å². The van der Waals surface area contributed by atoms with Gasteiger partial charge in [0.2, 0.25) is 0 Å².